The zero-order valence-electron chi connectivity index (χ0n) is 27.0. The number of nitrogens with zero attached hydrogens (tertiary/aromatic N) is 6. The molecule has 3 aromatic heterocycles. The Labute approximate surface area is 278 Å². The van der Waals surface area contributed by atoms with Crippen LogP contribution in [0, 0.1) is 20.8 Å². The van der Waals surface area contributed by atoms with E-state index in [0.717, 1.165) is 75.6 Å². The number of amides is 1. The van der Waals surface area contributed by atoms with Crippen LogP contribution in [0.3, 0.4) is 0 Å². The van der Waals surface area contributed by atoms with Crippen molar-refractivity contribution < 1.29 is 13.2 Å². The number of likely N-dealkylation sites (N-methyl/N-ethyl adjacent to an activating group) is 1. The zero-order chi connectivity index (χ0) is 32.9. The van der Waals surface area contributed by atoms with Gasteiger partial charge in [-0.25, -0.2) is 18.4 Å². The number of carbonyl (C=O) groups excluding carboxylic acids is 1. The number of aromatic amines is 1. The van der Waals surface area contributed by atoms with E-state index in [9.17, 15) is 13.2 Å². The molecular formula is C32H42BrN9O3S. The van der Waals surface area contributed by atoms with Crippen molar-refractivity contribution in [2.24, 2.45) is 5.73 Å². The van der Waals surface area contributed by atoms with Gasteiger partial charge in [-0.05, 0) is 80.4 Å². The monoisotopic (exact) mass is 711 g/mol. The van der Waals surface area contributed by atoms with Crippen molar-refractivity contribution in [1.82, 2.24) is 33.6 Å². The first-order valence-electron chi connectivity index (χ1n) is 15.7. The molecule has 0 bridgehead atoms. The molecule has 2 aliphatic heterocycles. The topological polar surface area (TPSA) is 145 Å². The first kappa shape index (κ1) is 32.6. The number of anilines is 1. The maximum absolute atomic E-state index is 12.6. The fourth-order valence-corrected chi connectivity index (χ4v) is 8.37. The molecule has 5 heterocycles. The number of rotatable bonds is 9. The van der Waals surface area contributed by atoms with Crippen LogP contribution in [0.15, 0.2) is 34.9 Å². The van der Waals surface area contributed by atoms with Crippen LogP contribution in [0.25, 0.3) is 28.2 Å². The average molecular weight is 713 g/mol. The number of halogens is 1. The number of aryl methyl sites for hydroxylation is 2. The Morgan fingerprint density at radius 3 is 2.57 bits per heavy atom. The fourth-order valence-electron chi connectivity index (χ4n) is 6.80. The van der Waals surface area contributed by atoms with Gasteiger partial charge >= 0.3 is 0 Å². The van der Waals surface area contributed by atoms with Crippen LogP contribution in [0.5, 0.6) is 0 Å². The molecule has 246 valence electrons. The number of hydrogen-bond donors (Lipinski definition) is 3. The van der Waals surface area contributed by atoms with Crippen LogP contribution >= 0.6 is 15.9 Å². The van der Waals surface area contributed by atoms with Crippen molar-refractivity contribution >= 4 is 48.7 Å². The van der Waals surface area contributed by atoms with Crippen LogP contribution in [-0.4, -0.2) is 106 Å². The van der Waals surface area contributed by atoms with Gasteiger partial charge in [0.05, 0.1) is 15.9 Å². The lowest BCUT2D eigenvalue weighted by molar-refractivity contribution is -0.124. The van der Waals surface area contributed by atoms with Gasteiger partial charge in [-0.15, -0.1) is 0 Å². The third-order valence-corrected chi connectivity index (χ3v) is 11.8. The lowest BCUT2D eigenvalue weighted by Crippen LogP contribution is -2.49. The average Bonchev–Trinajstić information content (AvgIpc) is 3.74. The van der Waals surface area contributed by atoms with Gasteiger partial charge in [0.2, 0.25) is 15.9 Å². The lowest BCUT2D eigenvalue weighted by Gasteiger charge is -2.36. The number of nitrogens with one attached hydrogen (secondary N) is 2. The number of nitrogens with two attached hydrogens (primary N) is 1. The summed E-state index contributed by atoms with van der Waals surface area (Å²) in [7, 11) is -1.14. The molecule has 4 N–H and O–H groups in total. The van der Waals surface area contributed by atoms with Crippen LogP contribution in [0.2, 0.25) is 0 Å². The maximum atomic E-state index is 12.6. The SMILES string of the molecule is CCS(=O)(=O)N1CC[C@H](Nc2c(Br)cnc3nc(-c4cc(C)n(-c5ccc(C(C(N)=O)N6CCN(C)CC6)cc5C)c4C)[nH]c23)C1. The normalized spacial score (nSPS) is 19.2. The Kier molecular flexibility index (Phi) is 9.02. The highest BCUT2D eigenvalue weighted by Crippen LogP contribution is 2.35. The van der Waals surface area contributed by atoms with Crippen molar-refractivity contribution in [2.75, 3.05) is 57.4 Å². The molecule has 46 heavy (non-hydrogen) atoms. The Hall–Kier alpha value is -3.30. The van der Waals surface area contributed by atoms with Crippen molar-refractivity contribution in [3.8, 4) is 17.1 Å². The highest BCUT2D eigenvalue weighted by atomic mass is 79.9. The van der Waals surface area contributed by atoms with E-state index in [-0.39, 0.29) is 17.7 Å². The minimum absolute atomic E-state index is 0.0311. The van der Waals surface area contributed by atoms with Crippen molar-refractivity contribution in [3.63, 3.8) is 0 Å². The van der Waals surface area contributed by atoms with Gasteiger partial charge in [-0.3, -0.25) is 9.69 Å². The third kappa shape index (κ3) is 6.08. The second-order valence-electron chi connectivity index (χ2n) is 12.5. The highest BCUT2D eigenvalue weighted by Gasteiger charge is 2.32. The standard InChI is InChI=1S/C32H42BrN9O3S/c1-6-46(44,45)41-10-9-23(18-41)36-27-25(33)17-35-32-28(27)37-31(38-32)24-16-20(3)42(21(24)4)26-8-7-22(15-19(26)2)29(30(34)43)40-13-11-39(5)12-14-40/h7-8,15-17,23,29H,6,9-14,18H2,1-5H3,(H2,34,43)(H2,35,36,37,38)/t23-,29?/m0/s1. The summed E-state index contributed by atoms with van der Waals surface area (Å²) in [4.78, 5) is 30.0. The molecule has 4 aromatic rings. The number of H-pyrrole nitrogens is 1. The van der Waals surface area contributed by atoms with Crippen LogP contribution in [-0.2, 0) is 14.8 Å². The van der Waals surface area contributed by atoms with E-state index >= 15 is 0 Å². The fraction of sp³-hybridized carbons (Fsp3) is 0.469. The number of pyridine rings is 1. The first-order chi connectivity index (χ1) is 21.9. The smallest absolute Gasteiger partial charge is 0.239 e. The number of fused-ring (bicyclic) bond motifs is 1. The van der Waals surface area contributed by atoms with E-state index in [1.54, 1.807) is 17.4 Å². The van der Waals surface area contributed by atoms with Gasteiger partial charge in [0.15, 0.2) is 5.65 Å². The summed E-state index contributed by atoms with van der Waals surface area (Å²) in [6, 6.07) is 7.80. The summed E-state index contributed by atoms with van der Waals surface area (Å²) in [6.45, 7) is 12.2. The molecule has 2 saturated heterocycles. The summed E-state index contributed by atoms with van der Waals surface area (Å²) in [5, 5.41) is 3.55. The summed E-state index contributed by atoms with van der Waals surface area (Å²) >= 11 is 3.64. The third-order valence-electron chi connectivity index (χ3n) is 9.37. The van der Waals surface area contributed by atoms with Gasteiger partial charge in [0, 0.05) is 74.1 Å². The largest absolute Gasteiger partial charge is 0.378 e. The second-order valence-corrected chi connectivity index (χ2v) is 15.6. The minimum atomic E-state index is -3.24. The molecule has 6 rings (SSSR count). The number of hydrogen-bond acceptors (Lipinski definition) is 8. The number of imidazole rings is 1. The predicted octanol–water partition coefficient (Wildman–Crippen LogP) is 3.71. The zero-order valence-corrected chi connectivity index (χ0v) is 29.4. The maximum Gasteiger partial charge on any atom is 0.239 e. The van der Waals surface area contributed by atoms with E-state index in [2.05, 4.69) is 91.6 Å². The molecule has 1 aromatic carbocycles. The van der Waals surface area contributed by atoms with Gasteiger partial charge < -0.3 is 25.5 Å². The Bertz CT molecular complexity index is 1900. The van der Waals surface area contributed by atoms with Gasteiger partial charge in [0.1, 0.15) is 17.4 Å². The molecule has 0 saturated carbocycles. The van der Waals surface area contributed by atoms with Crippen LogP contribution < -0.4 is 11.1 Å². The number of primary amides is 1. The number of aromatic nitrogens is 4. The van der Waals surface area contributed by atoms with E-state index < -0.39 is 16.1 Å². The molecule has 0 aliphatic carbocycles. The first-order valence-corrected chi connectivity index (χ1v) is 18.1. The summed E-state index contributed by atoms with van der Waals surface area (Å²) in [5.74, 6) is 0.463. The molecule has 0 spiro atoms. The van der Waals surface area contributed by atoms with Crippen molar-refractivity contribution in [1.29, 1.82) is 0 Å². The number of carbonyl (C=O) groups is 1. The molecule has 1 unspecified atom stereocenters. The molecular weight excluding hydrogens is 670 g/mol. The lowest BCUT2D eigenvalue weighted by atomic mass is 10.00. The number of piperazine rings is 1. The van der Waals surface area contributed by atoms with Gasteiger partial charge in [-0.1, -0.05) is 12.1 Å². The van der Waals surface area contributed by atoms with E-state index in [1.165, 1.54) is 0 Å². The van der Waals surface area contributed by atoms with E-state index in [4.69, 9.17) is 10.7 Å². The molecule has 14 heteroatoms. The van der Waals surface area contributed by atoms with E-state index in [1.807, 2.05) is 6.07 Å². The van der Waals surface area contributed by atoms with Crippen molar-refractivity contribution in [3.05, 3.63) is 57.4 Å². The highest BCUT2D eigenvalue weighted by molar-refractivity contribution is 9.10. The van der Waals surface area contributed by atoms with Crippen LogP contribution in [0.4, 0.5) is 5.69 Å². The quantitative estimate of drug-likeness (QED) is 0.238. The Morgan fingerprint density at radius 1 is 1.15 bits per heavy atom. The molecule has 2 fully saturated rings. The summed E-state index contributed by atoms with van der Waals surface area (Å²) < 4.78 is 29.4. The summed E-state index contributed by atoms with van der Waals surface area (Å²) in [6.07, 6.45) is 2.44. The molecule has 12 nitrogen and oxygen atoms in total. The molecule has 2 atom stereocenters. The van der Waals surface area contributed by atoms with Crippen molar-refractivity contribution in [2.45, 2.75) is 46.2 Å². The number of sulfonamides is 1. The minimum Gasteiger partial charge on any atom is -0.378 e. The second kappa shape index (κ2) is 12.7. The van der Waals surface area contributed by atoms with E-state index in [0.29, 0.717) is 31.0 Å². The van der Waals surface area contributed by atoms with Gasteiger partial charge in [-0.2, -0.15) is 4.31 Å². The van der Waals surface area contributed by atoms with Gasteiger partial charge in [0.25, 0.3) is 0 Å². The van der Waals surface area contributed by atoms with Crippen LogP contribution in [0.1, 0.15) is 41.9 Å². The Morgan fingerprint density at radius 2 is 1.89 bits per heavy atom. The summed E-state index contributed by atoms with van der Waals surface area (Å²) in [5.41, 5.74) is 14.1. The molecule has 2 aliphatic rings. The number of benzene rings is 1. The molecule has 1 amide bonds. The predicted molar refractivity (Wildman–Crippen MR) is 185 cm³/mol. The molecule has 0 radical (unpaired) electrons. The Balaban J connectivity index is 1.30.